The van der Waals surface area contributed by atoms with Crippen LogP contribution in [0, 0.1) is 11.3 Å². The third-order valence-electron chi connectivity index (χ3n) is 2.32. The Balaban J connectivity index is 3.97. The van der Waals surface area contributed by atoms with E-state index < -0.39 is 0 Å². The molecule has 0 saturated carbocycles. The zero-order valence-corrected chi connectivity index (χ0v) is 8.85. The minimum atomic E-state index is 0.439. The molecule has 0 fully saturated rings. The summed E-state index contributed by atoms with van der Waals surface area (Å²) in [5.74, 6) is 1.68. The molecule has 0 N–H and O–H groups in total. The van der Waals surface area contributed by atoms with Crippen molar-refractivity contribution in [3.8, 4) is 0 Å². The van der Waals surface area contributed by atoms with Crippen LogP contribution in [0.4, 0.5) is 0 Å². The Hall–Kier alpha value is 0.430. The average molecular weight is 159 g/mol. The molecule has 0 saturated heterocycles. The minimum absolute atomic E-state index is 0.439. The lowest BCUT2D eigenvalue weighted by Crippen LogP contribution is -2.22. The fourth-order valence-electron chi connectivity index (χ4n) is 1.35. The molecule has 0 amide bonds. The summed E-state index contributed by atoms with van der Waals surface area (Å²) in [5, 5.41) is 0. The van der Waals surface area contributed by atoms with Gasteiger partial charge in [0.25, 0.3) is 0 Å². The Bertz CT molecular complexity index is 82.7. The van der Waals surface area contributed by atoms with Gasteiger partial charge in [0.1, 0.15) is 0 Å². The van der Waals surface area contributed by atoms with E-state index in [0.717, 1.165) is 0 Å². The molecule has 0 heterocycles. The minimum Gasteiger partial charge on any atom is -0.137 e. The Morgan fingerprint density at radius 2 is 1.60 bits per heavy atom. The molecule has 0 aliphatic heterocycles. The van der Waals surface area contributed by atoms with Crippen LogP contribution in [-0.2, 0) is 0 Å². The summed E-state index contributed by atoms with van der Waals surface area (Å²) in [4.78, 5) is 0. The SMILES string of the molecule is CC[C](CC)C(C)(C)CP. The highest BCUT2D eigenvalue weighted by atomic mass is 31.0. The Morgan fingerprint density at radius 3 is 1.70 bits per heavy atom. The third kappa shape index (κ3) is 2.58. The molecule has 0 aromatic heterocycles. The summed E-state index contributed by atoms with van der Waals surface area (Å²) < 4.78 is 0. The maximum atomic E-state index is 2.83. The van der Waals surface area contributed by atoms with Gasteiger partial charge in [-0.05, 0) is 30.3 Å². The van der Waals surface area contributed by atoms with Crippen molar-refractivity contribution < 1.29 is 0 Å². The zero-order valence-electron chi connectivity index (χ0n) is 7.70. The first-order valence-corrected chi connectivity index (χ1v) is 4.95. The van der Waals surface area contributed by atoms with Crippen molar-refractivity contribution in [2.45, 2.75) is 40.5 Å². The zero-order chi connectivity index (χ0) is 8.20. The number of hydrogen-bond acceptors (Lipinski definition) is 0. The van der Waals surface area contributed by atoms with Gasteiger partial charge in [-0.3, -0.25) is 0 Å². The van der Waals surface area contributed by atoms with Crippen LogP contribution < -0.4 is 0 Å². The van der Waals surface area contributed by atoms with Gasteiger partial charge in [-0.15, -0.1) is 9.24 Å². The van der Waals surface area contributed by atoms with Gasteiger partial charge in [-0.2, -0.15) is 0 Å². The van der Waals surface area contributed by atoms with Gasteiger partial charge < -0.3 is 0 Å². The van der Waals surface area contributed by atoms with Crippen molar-refractivity contribution in [3.63, 3.8) is 0 Å². The molecule has 0 nitrogen and oxygen atoms in total. The molecule has 10 heavy (non-hydrogen) atoms. The molecule has 0 aliphatic rings. The summed E-state index contributed by atoms with van der Waals surface area (Å²) in [6.07, 6.45) is 3.65. The van der Waals surface area contributed by atoms with Crippen LogP contribution >= 0.6 is 9.24 Å². The number of hydrogen-bond donors (Lipinski definition) is 0. The maximum absolute atomic E-state index is 2.83. The van der Waals surface area contributed by atoms with Crippen molar-refractivity contribution in [2.75, 3.05) is 6.16 Å². The van der Waals surface area contributed by atoms with E-state index in [1.807, 2.05) is 0 Å². The fraction of sp³-hybridized carbons (Fsp3) is 0.889. The van der Waals surface area contributed by atoms with E-state index in [2.05, 4.69) is 36.9 Å². The van der Waals surface area contributed by atoms with Crippen LogP contribution in [-0.4, -0.2) is 6.16 Å². The summed E-state index contributed by atoms with van der Waals surface area (Å²) >= 11 is 0. The second-order valence-electron chi connectivity index (χ2n) is 3.40. The second kappa shape index (κ2) is 4.34. The molecular formula is C9H20P. The molecule has 0 spiro atoms. The standard InChI is InChI=1S/C9H20P/c1-5-8(6-2)9(3,4)7-10/h5-7,10H2,1-4H3. The van der Waals surface area contributed by atoms with Crippen molar-refractivity contribution in [3.05, 3.63) is 5.92 Å². The predicted octanol–water partition coefficient (Wildman–Crippen LogP) is 3.28. The summed E-state index contributed by atoms with van der Waals surface area (Å²) in [7, 11) is 2.83. The lowest BCUT2D eigenvalue weighted by atomic mass is 9.77. The first-order chi connectivity index (χ1) is 4.58. The first-order valence-electron chi connectivity index (χ1n) is 4.13. The quantitative estimate of drug-likeness (QED) is 0.552. The van der Waals surface area contributed by atoms with E-state index in [1.165, 1.54) is 19.0 Å². The van der Waals surface area contributed by atoms with E-state index in [9.17, 15) is 0 Å². The van der Waals surface area contributed by atoms with Crippen LogP contribution in [0.5, 0.6) is 0 Å². The monoisotopic (exact) mass is 159 g/mol. The molecule has 0 aliphatic carbocycles. The van der Waals surface area contributed by atoms with Crippen molar-refractivity contribution in [1.29, 1.82) is 0 Å². The van der Waals surface area contributed by atoms with Gasteiger partial charge in [0, 0.05) is 0 Å². The van der Waals surface area contributed by atoms with Gasteiger partial charge in [0.05, 0.1) is 0 Å². The summed E-state index contributed by atoms with van der Waals surface area (Å²) in [6, 6.07) is 0. The summed E-state index contributed by atoms with van der Waals surface area (Å²) in [5.41, 5.74) is 0.439. The third-order valence-corrected chi connectivity index (χ3v) is 3.34. The Labute approximate surface area is 68.0 Å². The fourth-order valence-corrected chi connectivity index (χ4v) is 1.64. The van der Waals surface area contributed by atoms with Gasteiger partial charge in [0.15, 0.2) is 0 Å². The van der Waals surface area contributed by atoms with Gasteiger partial charge in [0.2, 0.25) is 0 Å². The van der Waals surface area contributed by atoms with Crippen molar-refractivity contribution in [1.82, 2.24) is 0 Å². The Morgan fingerprint density at radius 1 is 1.20 bits per heavy atom. The van der Waals surface area contributed by atoms with E-state index >= 15 is 0 Å². The van der Waals surface area contributed by atoms with Gasteiger partial charge >= 0.3 is 0 Å². The topological polar surface area (TPSA) is 0 Å². The number of rotatable bonds is 4. The molecule has 61 valence electrons. The van der Waals surface area contributed by atoms with Crippen LogP contribution in [0.25, 0.3) is 0 Å². The molecule has 0 bridgehead atoms. The highest BCUT2D eigenvalue weighted by Crippen LogP contribution is 2.35. The van der Waals surface area contributed by atoms with E-state index in [4.69, 9.17) is 0 Å². The second-order valence-corrected chi connectivity index (χ2v) is 3.81. The highest BCUT2D eigenvalue weighted by Gasteiger charge is 2.24. The van der Waals surface area contributed by atoms with E-state index in [0.29, 0.717) is 5.41 Å². The van der Waals surface area contributed by atoms with Crippen LogP contribution in [0.3, 0.4) is 0 Å². The normalized spacial score (nSPS) is 12.6. The molecule has 1 heteroatoms. The van der Waals surface area contributed by atoms with Crippen molar-refractivity contribution in [2.24, 2.45) is 5.41 Å². The molecule has 1 atom stereocenters. The molecule has 1 unspecified atom stereocenters. The molecule has 0 rings (SSSR count). The largest absolute Gasteiger partial charge is 0.137 e. The smallest absolute Gasteiger partial charge is 0.0187 e. The van der Waals surface area contributed by atoms with E-state index in [-0.39, 0.29) is 0 Å². The highest BCUT2D eigenvalue weighted by molar-refractivity contribution is 7.16. The lowest BCUT2D eigenvalue weighted by molar-refractivity contribution is 0.405. The van der Waals surface area contributed by atoms with Gasteiger partial charge in [-0.1, -0.05) is 27.7 Å². The molecule has 1 radical (unpaired) electrons. The Kier molecular flexibility index (Phi) is 4.52. The van der Waals surface area contributed by atoms with Crippen LogP contribution in [0.1, 0.15) is 40.5 Å². The average Bonchev–Trinajstić information content (AvgIpc) is 1.90. The molecular weight excluding hydrogens is 139 g/mol. The molecule has 0 aromatic rings. The van der Waals surface area contributed by atoms with Crippen LogP contribution in [0.15, 0.2) is 0 Å². The first kappa shape index (κ1) is 10.4. The van der Waals surface area contributed by atoms with Gasteiger partial charge in [-0.25, -0.2) is 0 Å². The van der Waals surface area contributed by atoms with Crippen LogP contribution in [0.2, 0.25) is 0 Å². The summed E-state index contributed by atoms with van der Waals surface area (Å²) in [6.45, 7) is 9.15. The molecule has 0 aromatic carbocycles. The predicted molar refractivity (Wildman–Crippen MR) is 52.2 cm³/mol. The maximum Gasteiger partial charge on any atom is -0.0187 e. The lowest BCUT2D eigenvalue weighted by Gasteiger charge is -2.31. The van der Waals surface area contributed by atoms with E-state index in [1.54, 1.807) is 5.92 Å². The van der Waals surface area contributed by atoms with Crippen molar-refractivity contribution >= 4 is 9.24 Å².